The number of carbonyl (C=O) groups is 1. The van der Waals surface area contributed by atoms with Crippen LogP contribution in [0.3, 0.4) is 0 Å². The third-order valence-electron chi connectivity index (χ3n) is 3.48. The Morgan fingerprint density at radius 2 is 2.37 bits per heavy atom. The number of carbonyl (C=O) groups excluding carboxylic acids is 1. The van der Waals surface area contributed by atoms with Crippen LogP contribution in [0.4, 0.5) is 0 Å². The average molecular weight is 273 g/mol. The van der Waals surface area contributed by atoms with E-state index >= 15 is 0 Å². The largest absolute Gasteiger partial charge is 0.338 e. The molecule has 1 amide bonds. The van der Waals surface area contributed by atoms with Crippen molar-refractivity contribution in [2.24, 2.45) is 0 Å². The molecule has 1 fully saturated rings. The van der Waals surface area contributed by atoms with Crippen LogP contribution >= 0.6 is 11.3 Å². The van der Waals surface area contributed by atoms with Crippen LogP contribution in [-0.2, 0) is 0 Å². The molecule has 19 heavy (non-hydrogen) atoms. The zero-order chi connectivity index (χ0) is 13.1. The van der Waals surface area contributed by atoms with Crippen LogP contribution in [0.1, 0.15) is 34.8 Å². The van der Waals surface area contributed by atoms with Crippen molar-refractivity contribution in [3.05, 3.63) is 46.7 Å². The number of nitrogens with zero attached hydrogens (tertiary/aromatic N) is 3. The van der Waals surface area contributed by atoms with Crippen LogP contribution in [-0.4, -0.2) is 33.9 Å². The molecule has 3 heterocycles. The first kappa shape index (κ1) is 12.3. The van der Waals surface area contributed by atoms with Crippen molar-refractivity contribution in [3.8, 4) is 0 Å². The molecule has 4 nitrogen and oxygen atoms in total. The lowest BCUT2D eigenvalue weighted by Gasteiger charge is -2.32. The highest BCUT2D eigenvalue weighted by Crippen LogP contribution is 2.26. The van der Waals surface area contributed by atoms with E-state index in [0.29, 0.717) is 5.92 Å². The van der Waals surface area contributed by atoms with E-state index in [4.69, 9.17) is 0 Å². The van der Waals surface area contributed by atoms with Gasteiger partial charge in [0.2, 0.25) is 0 Å². The summed E-state index contributed by atoms with van der Waals surface area (Å²) in [5, 5.41) is 3.85. The number of rotatable bonds is 2. The van der Waals surface area contributed by atoms with Gasteiger partial charge >= 0.3 is 0 Å². The second-order valence-electron chi connectivity index (χ2n) is 4.73. The smallest absolute Gasteiger partial charge is 0.254 e. The summed E-state index contributed by atoms with van der Waals surface area (Å²) < 4.78 is 0. The van der Waals surface area contributed by atoms with Crippen LogP contribution < -0.4 is 0 Å². The number of likely N-dealkylation sites (tertiary alicyclic amines) is 1. The van der Waals surface area contributed by atoms with Gasteiger partial charge in [0.15, 0.2) is 0 Å². The molecular formula is C14H15N3OS. The summed E-state index contributed by atoms with van der Waals surface area (Å²) in [6, 6.07) is 1.89. The lowest BCUT2D eigenvalue weighted by Crippen LogP contribution is -2.39. The zero-order valence-electron chi connectivity index (χ0n) is 10.5. The Morgan fingerprint density at radius 3 is 3.11 bits per heavy atom. The molecule has 2 aromatic heterocycles. The molecule has 0 N–H and O–H groups in total. The van der Waals surface area contributed by atoms with E-state index in [1.807, 2.05) is 27.9 Å². The van der Waals surface area contributed by atoms with Gasteiger partial charge in [0, 0.05) is 43.0 Å². The number of piperidine rings is 1. The number of thiophene rings is 1. The predicted molar refractivity (Wildman–Crippen MR) is 74.2 cm³/mol. The molecule has 1 unspecified atom stereocenters. The van der Waals surface area contributed by atoms with Gasteiger partial charge in [-0.2, -0.15) is 11.3 Å². The normalized spacial score (nSPS) is 19.4. The van der Waals surface area contributed by atoms with E-state index in [-0.39, 0.29) is 5.91 Å². The minimum atomic E-state index is 0.134. The Morgan fingerprint density at radius 1 is 1.42 bits per heavy atom. The molecule has 0 aliphatic carbocycles. The Kier molecular flexibility index (Phi) is 3.55. The fraction of sp³-hybridized carbons (Fsp3) is 0.357. The van der Waals surface area contributed by atoms with Gasteiger partial charge in [0.05, 0.1) is 11.3 Å². The summed E-state index contributed by atoms with van der Waals surface area (Å²) in [5.41, 5.74) is 1.79. The average Bonchev–Trinajstić information content (AvgIpc) is 3.02. The van der Waals surface area contributed by atoms with Gasteiger partial charge < -0.3 is 4.90 Å². The third kappa shape index (κ3) is 2.66. The maximum absolute atomic E-state index is 12.3. The summed E-state index contributed by atoms with van der Waals surface area (Å²) in [4.78, 5) is 22.7. The summed E-state index contributed by atoms with van der Waals surface area (Å²) in [7, 11) is 0. The minimum absolute atomic E-state index is 0.134. The quantitative estimate of drug-likeness (QED) is 0.844. The van der Waals surface area contributed by atoms with E-state index in [1.54, 1.807) is 23.7 Å². The first-order chi connectivity index (χ1) is 9.34. The van der Waals surface area contributed by atoms with Gasteiger partial charge in [0.25, 0.3) is 5.91 Å². The molecule has 3 rings (SSSR count). The monoisotopic (exact) mass is 273 g/mol. The fourth-order valence-electron chi connectivity index (χ4n) is 2.49. The molecule has 1 aliphatic heterocycles. The topological polar surface area (TPSA) is 46.1 Å². The van der Waals surface area contributed by atoms with E-state index in [9.17, 15) is 4.79 Å². The Labute approximate surface area is 116 Å². The van der Waals surface area contributed by atoms with Crippen LogP contribution in [0.15, 0.2) is 35.4 Å². The molecule has 0 bridgehead atoms. The summed E-state index contributed by atoms with van der Waals surface area (Å²) in [6.07, 6.45) is 7.31. The Bertz CT molecular complexity index is 541. The van der Waals surface area contributed by atoms with Crippen LogP contribution in [0, 0.1) is 0 Å². The van der Waals surface area contributed by atoms with Crippen molar-refractivity contribution in [2.45, 2.75) is 18.8 Å². The van der Waals surface area contributed by atoms with Gasteiger partial charge in [-0.3, -0.25) is 14.8 Å². The van der Waals surface area contributed by atoms with Crippen molar-refractivity contribution in [3.63, 3.8) is 0 Å². The van der Waals surface area contributed by atoms with Crippen molar-refractivity contribution in [2.75, 3.05) is 13.1 Å². The molecule has 0 spiro atoms. The first-order valence-electron chi connectivity index (χ1n) is 6.42. The second kappa shape index (κ2) is 5.48. The summed E-state index contributed by atoms with van der Waals surface area (Å²) in [5.74, 6) is 0.444. The van der Waals surface area contributed by atoms with Gasteiger partial charge in [-0.1, -0.05) is 0 Å². The van der Waals surface area contributed by atoms with Crippen molar-refractivity contribution in [1.29, 1.82) is 0 Å². The lowest BCUT2D eigenvalue weighted by molar-refractivity contribution is 0.0706. The summed E-state index contributed by atoms with van der Waals surface area (Å²) in [6.45, 7) is 1.58. The van der Waals surface area contributed by atoms with Crippen LogP contribution in [0.2, 0.25) is 0 Å². The van der Waals surface area contributed by atoms with Gasteiger partial charge in [-0.25, -0.2) is 0 Å². The molecule has 98 valence electrons. The van der Waals surface area contributed by atoms with Crippen molar-refractivity contribution >= 4 is 17.2 Å². The molecule has 0 saturated carbocycles. The first-order valence-corrected chi connectivity index (χ1v) is 7.36. The maximum Gasteiger partial charge on any atom is 0.254 e. The highest BCUT2D eigenvalue weighted by molar-refractivity contribution is 7.08. The zero-order valence-corrected chi connectivity index (χ0v) is 11.3. The van der Waals surface area contributed by atoms with E-state index in [1.165, 1.54) is 0 Å². The lowest BCUT2D eigenvalue weighted by atomic mass is 9.94. The van der Waals surface area contributed by atoms with E-state index < -0.39 is 0 Å². The standard InChI is InChI=1S/C14H15N3OS/c18-14(12-3-7-19-10-12)17-6-1-2-11(9-17)13-8-15-4-5-16-13/h3-5,7-8,10-11H,1-2,6,9H2. The molecule has 1 atom stereocenters. The van der Waals surface area contributed by atoms with Crippen LogP contribution in [0.5, 0.6) is 0 Å². The van der Waals surface area contributed by atoms with Crippen molar-refractivity contribution in [1.82, 2.24) is 14.9 Å². The SMILES string of the molecule is O=C(c1ccsc1)N1CCCC(c2cnccn2)C1. The van der Waals surface area contributed by atoms with Crippen LogP contribution in [0.25, 0.3) is 0 Å². The molecule has 0 radical (unpaired) electrons. The summed E-state index contributed by atoms with van der Waals surface area (Å²) >= 11 is 1.56. The number of aromatic nitrogens is 2. The van der Waals surface area contributed by atoms with E-state index in [2.05, 4.69) is 9.97 Å². The maximum atomic E-state index is 12.3. The van der Waals surface area contributed by atoms with Gasteiger partial charge in [-0.15, -0.1) is 0 Å². The van der Waals surface area contributed by atoms with E-state index in [0.717, 1.165) is 37.2 Å². The second-order valence-corrected chi connectivity index (χ2v) is 5.51. The fourth-order valence-corrected chi connectivity index (χ4v) is 3.12. The molecule has 1 saturated heterocycles. The molecular weight excluding hydrogens is 258 g/mol. The highest BCUT2D eigenvalue weighted by atomic mass is 32.1. The highest BCUT2D eigenvalue weighted by Gasteiger charge is 2.26. The van der Waals surface area contributed by atoms with Crippen molar-refractivity contribution < 1.29 is 4.79 Å². The molecule has 2 aromatic rings. The van der Waals surface area contributed by atoms with Gasteiger partial charge in [0.1, 0.15) is 0 Å². The Balaban J connectivity index is 1.73. The number of amides is 1. The molecule has 5 heteroatoms. The minimum Gasteiger partial charge on any atom is -0.338 e. The predicted octanol–water partition coefficient (Wildman–Crippen LogP) is 2.56. The Hall–Kier alpha value is -1.75. The molecule has 1 aliphatic rings. The number of hydrogen-bond acceptors (Lipinski definition) is 4. The van der Waals surface area contributed by atoms with Gasteiger partial charge in [-0.05, 0) is 24.3 Å². The third-order valence-corrected chi connectivity index (χ3v) is 4.16. The number of hydrogen-bond donors (Lipinski definition) is 0. The molecule has 0 aromatic carbocycles.